The first kappa shape index (κ1) is 11.6. The minimum absolute atomic E-state index is 0.242. The highest BCUT2D eigenvalue weighted by atomic mass is 19.1. The van der Waals surface area contributed by atoms with Crippen molar-refractivity contribution in [3.8, 4) is 5.69 Å². The minimum Gasteiger partial charge on any atom is -0.346 e. The van der Waals surface area contributed by atoms with Gasteiger partial charge in [0.15, 0.2) is 0 Å². The maximum absolute atomic E-state index is 13.9. The highest BCUT2D eigenvalue weighted by Gasteiger charge is 2.12. The lowest BCUT2D eigenvalue weighted by Gasteiger charge is -2.12. The number of aryl methyl sites for hydroxylation is 2. The van der Waals surface area contributed by atoms with E-state index in [1.54, 1.807) is 31.3 Å². The first-order chi connectivity index (χ1) is 9.09. The molecule has 0 saturated carbocycles. The second-order valence-electron chi connectivity index (χ2n) is 4.49. The molecule has 2 N–H and O–H groups in total. The van der Waals surface area contributed by atoms with Crippen molar-refractivity contribution in [2.75, 3.05) is 0 Å². The molecule has 19 heavy (non-hydrogen) atoms. The van der Waals surface area contributed by atoms with E-state index < -0.39 is 0 Å². The van der Waals surface area contributed by atoms with Crippen LogP contribution in [0.25, 0.3) is 16.7 Å². The monoisotopic (exact) mass is 256 g/mol. The molecule has 3 aromatic rings. The summed E-state index contributed by atoms with van der Waals surface area (Å²) >= 11 is 0. The van der Waals surface area contributed by atoms with Gasteiger partial charge in [-0.1, -0.05) is 12.1 Å². The van der Waals surface area contributed by atoms with E-state index in [1.807, 2.05) is 6.92 Å². The molecular weight excluding hydrogens is 243 g/mol. The van der Waals surface area contributed by atoms with Crippen molar-refractivity contribution in [1.29, 1.82) is 5.41 Å². The number of benzene rings is 1. The lowest BCUT2D eigenvalue weighted by atomic mass is 10.2. The summed E-state index contributed by atoms with van der Waals surface area (Å²) in [6.45, 7) is 3.67. The number of H-pyrrole nitrogens is 1. The molecule has 0 aliphatic rings. The Morgan fingerprint density at radius 2 is 2.00 bits per heavy atom. The molecule has 0 aliphatic heterocycles. The molecule has 0 radical (unpaired) electrons. The number of halogens is 1. The van der Waals surface area contributed by atoms with Gasteiger partial charge >= 0.3 is 0 Å². The highest BCUT2D eigenvalue weighted by Crippen LogP contribution is 2.16. The molecule has 0 amide bonds. The van der Waals surface area contributed by atoms with Crippen molar-refractivity contribution >= 4 is 11.0 Å². The van der Waals surface area contributed by atoms with E-state index in [4.69, 9.17) is 5.41 Å². The second kappa shape index (κ2) is 4.05. The molecule has 0 bridgehead atoms. The number of hydrogen-bond donors (Lipinski definition) is 2. The zero-order chi connectivity index (χ0) is 13.6. The predicted octanol–water partition coefficient (Wildman–Crippen LogP) is 2.59. The van der Waals surface area contributed by atoms with E-state index in [9.17, 15) is 4.39 Å². The summed E-state index contributed by atoms with van der Waals surface area (Å²) in [5.74, 6) is 0.211. The van der Waals surface area contributed by atoms with Gasteiger partial charge in [0.2, 0.25) is 0 Å². The number of fused-ring (bicyclic) bond motifs is 1. The summed E-state index contributed by atoms with van der Waals surface area (Å²) < 4.78 is 15.4. The molecule has 0 spiro atoms. The van der Waals surface area contributed by atoms with Gasteiger partial charge in [0.1, 0.15) is 22.8 Å². The van der Waals surface area contributed by atoms with Crippen molar-refractivity contribution in [2.24, 2.45) is 0 Å². The van der Waals surface area contributed by atoms with Crippen LogP contribution in [-0.4, -0.2) is 14.5 Å². The van der Waals surface area contributed by atoms with E-state index in [1.165, 1.54) is 10.6 Å². The average Bonchev–Trinajstić information content (AvgIpc) is 2.73. The quantitative estimate of drug-likeness (QED) is 0.690. The maximum Gasteiger partial charge on any atom is 0.147 e. The topological polar surface area (TPSA) is 57.5 Å². The van der Waals surface area contributed by atoms with Gasteiger partial charge in [0, 0.05) is 6.20 Å². The lowest BCUT2D eigenvalue weighted by molar-refractivity contribution is 0.611. The van der Waals surface area contributed by atoms with Crippen LogP contribution < -0.4 is 5.49 Å². The van der Waals surface area contributed by atoms with Crippen molar-refractivity contribution in [1.82, 2.24) is 14.5 Å². The van der Waals surface area contributed by atoms with E-state index in [0.29, 0.717) is 22.5 Å². The summed E-state index contributed by atoms with van der Waals surface area (Å²) in [4.78, 5) is 7.42. The smallest absolute Gasteiger partial charge is 0.147 e. The Balaban J connectivity index is 2.45. The molecule has 0 atom stereocenters. The standard InChI is InChI=1S/C14H13FN4/c1-8-7-17-14-12(8)13(16)19(9(2)18-14)11-6-4-3-5-10(11)15/h3-7,16-17H,1-2H3. The first-order valence-corrected chi connectivity index (χ1v) is 5.96. The SMILES string of the molecule is Cc1c[nH]c2nc(C)n(-c3ccccc3F)c(=N)c12. The molecule has 0 aliphatic carbocycles. The Morgan fingerprint density at radius 3 is 2.74 bits per heavy atom. The Kier molecular flexibility index (Phi) is 2.48. The fraction of sp³-hybridized carbons (Fsp3) is 0.143. The molecule has 3 rings (SSSR count). The summed E-state index contributed by atoms with van der Waals surface area (Å²) in [6, 6.07) is 6.41. The fourth-order valence-electron chi connectivity index (χ4n) is 2.31. The van der Waals surface area contributed by atoms with Crippen LogP contribution in [-0.2, 0) is 0 Å². The minimum atomic E-state index is -0.363. The van der Waals surface area contributed by atoms with Gasteiger partial charge in [-0.15, -0.1) is 0 Å². The van der Waals surface area contributed by atoms with Gasteiger partial charge in [-0.2, -0.15) is 0 Å². The zero-order valence-electron chi connectivity index (χ0n) is 10.7. The first-order valence-electron chi connectivity index (χ1n) is 5.96. The molecule has 2 aromatic heterocycles. The van der Waals surface area contributed by atoms with Crippen LogP contribution in [0.15, 0.2) is 30.5 Å². The summed E-state index contributed by atoms with van der Waals surface area (Å²) in [5, 5.41) is 9.02. The van der Waals surface area contributed by atoms with E-state index >= 15 is 0 Å². The van der Waals surface area contributed by atoms with Crippen LogP contribution in [0.5, 0.6) is 0 Å². The predicted molar refractivity (Wildman–Crippen MR) is 70.7 cm³/mol. The molecule has 0 fully saturated rings. The van der Waals surface area contributed by atoms with E-state index in [0.717, 1.165) is 5.56 Å². The molecule has 96 valence electrons. The third-order valence-corrected chi connectivity index (χ3v) is 3.21. The maximum atomic E-state index is 13.9. The Morgan fingerprint density at radius 1 is 1.26 bits per heavy atom. The third kappa shape index (κ3) is 1.66. The van der Waals surface area contributed by atoms with Crippen LogP contribution in [0.3, 0.4) is 0 Å². The van der Waals surface area contributed by atoms with Gasteiger partial charge in [0.25, 0.3) is 0 Å². The van der Waals surface area contributed by atoms with Crippen molar-refractivity contribution in [3.63, 3.8) is 0 Å². The zero-order valence-corrected chi connectivity index (χ0v) is 10.7. The normalized spacial score (nSPS) is 11.1. The van der Waals surface area contributed by atoms with Gasteiger partial charge in [0.05, 0.1) is 11.1 Å². The summed E-state index contributed by atoms with van der Waals surface area (Å²) in [5.41, 5.74) is 2.18. The molecular formula is C14H13FN4. The number of nitrogens with one attached hydrogen (secondary N) is 2. The Labute approximate surface area is 109 Å². The molecule has 5 heteroatoms. The average molecular weight is 256 g/mol. The van der Waals surface area contributed by atoms with E-state index in [-0.39, 0.29) is 11.3 Å². The van der Waals surface area contributed by atoms with Crippen LogP contribution in [0, 0.1) is 25.1 Å². The van der Waals surface area contributed by atoms with Crippen molar-refractivity contribution < 1.29 is 4.39 Å². The lowest BCUT2D eigenvalue weighted by Crippen LogP contribution is -2.23. The number of nitrogens with zero attached hydrogens (tertiary/aromatic N) is 2. The fourth-order valence-corrected chi connectivity index (χ4v) is 2.31. The van der Waals surface area contributed by atoms with Gasteiger partial charge in [-0.3, -0.25) is 9.98 Å². The molecule has 2 heterocycles. The number of para-hydroxylation sites is 1. The molecule has 4 nitrogen and oxygen atoms in total. The molecule has 1 aromatic carbocycles. The van der Waals surface area contributed by atoms with Crippen LogP contribution in [0.4, 0.5) is 4.39 Å². The number of aromatic nitrogens is 3. The summed E-state index contributed by atoms with van der Waals surface area (Å²) in [7, 11) is 0. The number of rotatable bonds is 1. The molecule has 0 saturated heterocycles. The van der Waals surface area contributed by atoms with Gasteiger partial charge < -0.3 is 4.98 Å². The molecule has 0 unspecified atom stereocenters. The summed E-state index contributed by atoms with van der Waals surface area (Å²) in [6.07, 6.45) is 1.81. The number of aromatic amines is 1. The Bertz CT molecular complexity index is 829. The van der Waals surface area contributed by atoms with Crippen molar-refractivity contribution in [2.45, 2.75) is 13.8 Å². The second-order valence-corrected chi connectivity index (χ2v) is 4.49. The van der Waals surface area contributed by atoms with Crippen LogP contribution >= 0.6 is 0 Å². The van der Waals surface area contributed by atoms with Crippen LogP contribution in [0.1, 0.15) is 11.4 Å². The van der Waals surface area contributed by atoms with Gasteiger partial charge in [-0.05, 0) is 31.5 Å². The highest BCUT2D eigenvalue weighted by molar-refractivity contribution is 5.78. The Hall–Kier alpha value is -2.43. The third-order valence-electron chi connectivity index (χ3n) is 3.21. The van der Waals surface area contributed by atoms with Crippen molar-refractivity contribution in [3.05, 3.63) is 53.2 Å². The van der Waals surface area contributed by atoms with E-state index in [2.05, 4.69) is 9.97 Å². The number of hydrogen-bond acceptors (Lipinski definition) is 2. The largest absolute Gasteiger partial charge is 0.346 e. The van der Waals surface area contributed by atoms with Crippen LogP contribution in [0.2, 0.25) is 0 Å². The van der Waals surface area contributed by atoms with Gasteiger partial charge in [-0.25, -0.2) is 9.37 Å².